The summed E-state index contributed by atoms with van der Waals surface area (Å²) in [6, 6.07) is 19.4. The third-order valence-electron chi connectivity index (χ3n) is 7.25. The topological polar surface area (TPSA) is 63.2 Å². The van der Waals surface area contributed by atoms with Gasteiger partial charge in [-0.05, 0) is 59.2 Å². The van der Waals surface area contributed by atoms with Crippen LogP contribution in [-0.2, 0) is 29.2 Å². The molecule has 0 unspecified atom stereocenters. The molecular formula is C28H27N3O2S. The number of pyridine rings is 2. The Morgan fingerprint density at radius 3 is 2.65 bits per heavy atom. The Bertz CT molecular complexity index is 1500. The molecule has 6 rings (SSSR count). The van der Waals surface area contributed by atoms with Crippen LogP contribution in [0.15, 0.2) is 67.0 Å². The van der Waals surface area contributed by atoms with Crippen molar-refractivity contribution in [1.82, 2.24) is 14.9 Å². The summed E-state index contributed by atoms with van der Waals surface area (Å²) in [4.78, 5) is 11.8. The monoisotopic (exact) mass is 469 g/mol. The third kappa shape index (κ3) is 4.01. The highest BCUT2D eigenvalue weighted by molar-refractivity contribution is 7.92. The van der Waals surface area contributed by atoms with Crippen LogP contribution in [0.1, 0.15) is 27.9 Å². The highest BCUT2D eigenvalue weighted by Gasteiger charge is 2.38. The highest BCUT2D eigenvalue weighted by Crippen LogP contribution is 2.30. The lowest BCUT2D eigenvalue weighted by atomic mass is 9.93. The molecule has 0 bridgehead atoms. The van der Waals surface area contributed by atoms with Gasteiger partial charge in [-0.2, -0.15) is 0 Å². The van der Waals surface area contributed by atoms with Crippen LogP contribution in [0.2, 0.25) is 0 Å². The summed E-state index contributed by atoms with van der Waals surface area (Å²) in [5.41, 5.74) is 8.32. The second-order valence-corrected chi connectivity index (χ2v) is 11.7. The maximum Gasteiger partial charge on any atom is 0.153 e. The summed E-state index contributed by atoms with van der Waals surface area (Å²) in [6.45, 7) is 3.84. The normalized spacial score (nSPS) is 17.9. The quantitative estimate of drug-likeness (QED) is 0.445. The van der Waals surface area contributed by atoms with E-state index >= 15 is 0 Å². The van der Waals surface area contributed by atoms with Crippen LogP contribution in [0.4, 0.5) is 0 Å². The standard InChI is InChI=1S/C28H27N3O2S/c1-19-6-7-20(12-26(19)28-14-21-4-2-3-5-22(21)15-30-28)13-27-25-9-11-31(16-23(25)8-10-29-27)24-17-34(32,33)18-24/h2-8,10,12,14-15,24H,9,11,13,16-18H2,1H3. The molecule has 2 aromatic heterocycles. The Labute approximate surface area is 200 Å². The van der Waals surface area contributed by atoms with Crippen LogP contribution in [0.25, 0.3) is 22.0 Å². The molecule has 172 valence electrons. The van der Waals surface area contributed by atoms with Gasteiger partial charge in [-0.1, -0.05) is 36.4 Å². The fourth-order valence-corrected chi connectivity index (χ4v) is 6.78. The molecule has 34 heavy (non-hydrogen) atoms. The van der Waals surface area contributed by atoms with Gasteiger partial charge in [0, 0.05) is 54.6 Å². The van der Waals surface area contributed by atoms with Crippen LogP contribution in [0.5, 0.6) is 0 Å². The van der Waals surface area contributed by atoms with Crippen molar-refractivity contribution in [2.45, 2.75) is 32.4 Å². The van der Waals surface area contributed by atoms with E-state index in [-0.39, 0.29) is 6.04 Å². The van der Waals surface area contributed by atoms with E-state index < -0.39 is 9.84 Å². The van der Waals surface area contributed by atoms with Crippen LogP contribution in [0.3, 0.4) is 0 Å². The number of fused-ring (bicyclic) bond motifs is 2. The zero-order valence-electron chi connectivity index (χ0n) is 19.2. The van der Waals surface area contributed by atoms with Crippen LogP contribution in [-0.4, -0.2) is 47.4 Å². The number of rotatable bonds is 4. The summed E-state index contributed by atoms with van der Waals surface area (Å²) < 4.78 is 23.2. The summed E-state index contributed by atoms with van der Waals surface area (Å²) in [7, 11) is -2.81. The molecule has 6 heteroatoms. The Morgan fingerprint density at radius 2 is 1.82 bits per heavy atom. The molecule has 2 aromatic carbocycles. The molecule has 5 nitrogen and oxygen atoms in total. The first-order valence-corrected chi connectivity index (χ1v) is 13.6. The Hall–Kier alpha value is -3.09. The molecule has 4 heterocycles. The van der Waals surface area contributed by atoms with Gasteiger partial charge >= 0.3 is 0 Å². The van der Waals surface area contributed by atoms with Crippen molar-refractivity contribution in [3.05, 3.63) is 94.9 Å². The van der Waals surface area contributed by atoms with Crippen LogP contribution < -0.4 is 0 Å². The number of hydrogen-bond donors (Lipinski definition) is 0. The second-order valence-electron chi connectivity index (χ2n) is 9.59. The van der Waals surface area contributed by atoms with Crippen molar-refractivity contribution in [3.63, 3.8) is 0 Å². The van der Waals surface area contributed by atoms with E-state index in [0.29, 0.717) is 11.5 Å². The van der Waals surface area contributed by atoms with Crippen molar-refractivity contribution >= 4 is 20.6 Å². The van der Waals surface area contributed by atoms with Gasteiger partial charge < -0.3 is 0 Å². The van der Waals surface area contributed by atoms with Crippen molar-refractivity contribution in [3.8, 4) is 11.3 Å². The highest BCUT2D eigenvalue weighted by atomic mass is 32.2. The van der Waals surface area contributed by atoms with E-state index in [9.17, 15) is 8.42 Å². The van der Waals surface area contributed by atoms with E-state index in [0.717, 1.165) is 48.3 Å². The van der Waals surface area contributed by atoms with Gasteiger partial charge in [0.2, 0.25) is 0 Å². The Balaban J connectivity index is 1.27. The van der Waals surface area contributed by atoms with Gasteiger partial charge in [-0.25, -0.2) is 8.42 Å². The smallest absolute Gasteiger partial charge is 0.153 e. The zero-order chi connectivity index (χ0) is 23.3. The minimum atomic E-state index is -2.81. The molecule has 0 saturated carbocycles. The molecule has 2 aliphatic rings. The molecular weight excluding hydrogens is 442 g/mol. The van der Waals surface area contributed by atoms with E-state index in [4.69, 9.17) is 9.97 Å². The number of aromatic nitrogens is 2. The first kappa shape index (κ1) is 21.4. The van der Waals surface area contributed by atoms with Gasteiger partial charge in [0.15, 0.2) is 9.84 Å². The summed E-state index contributed by atoms with van der Waals surface area (Å²) in [5, 5.41) is 2.34. The molecule has 0 atom stereocenters. The predicted octanol–water partition coefficient (Wildman–Crippen LogP) is 4.35. The van der Waals surface area contributed by atoms with Gasteiger partial charge in [0.05, 0.1) is 17.2 Å². The Morgan fingerprint density at radius 1 is 1.00 bits per heavy atom. The minimum Gasteiger partial charge on any atom is -0.294 e. The van der Waals surface area contributed by atoms with E-state index in [2.05, 4.69) is 60.4 Å². The van der Waals surface area contributed by atoms with Crippen LogP contribution in [0, 0.1) is 6.92 Å². The zero-order valence-corrected chi connectivity index (χ0v) is 20.1. The lowest BCUT2D eigenvalue weighted by Crippen LogP contribution is -2.54. The molecule has 0 spiro atoms. The maximum absolute atomic E-state index is 11.6. The molecule has 1 saturated heterocycles. The van der Waals surface area contributed by atoms with E-state index in [1.165, 1.54) is 27.6 Å². The average Bonchev–Trinajstić information content (AvgIpc) is 2.83. The van der Waals surface area contributed by atoms with Crippen molar-refractivity contribution in [1.29, 1.82) is 0 Å². The van der Waals surface area contributed by atoms with Crippen molar-refractivity contribution < 1.29 is 8.42 Å². The van der Waals surface area contributed by atoms with Gasteiger partial charge in [0.25, 0.3) is 0 Å². The largest absolute Gasteiger partial charge is 0.294 e. The average molecular weight is 470 g/mol. The third-order valence-corrected chi connectivity index (χ3v) is 9.04. The van der Waals surface area contributed by atoms with E-state index in [1.807, 2.05) is 18.5 Å². The minimum absolute atomic E-state index is 0.170. The van der Waals surface area contributed by atoms with Gasteiger partial charge in [-0.15, -0.1) is 0 Å². The summed E-state index contributed by atoms with van der Waals surface area (Å²) >= 11 is 0. The first-order chi connectivity index (χ1) is 16.4. The summed E-state index contributed by atoms with van der Waals surface area (Å²) in [6.07, 6.45) is 5.54. The number of benzene rings is 2. The number of sulfone groups is 1. The molecule has 1 fully saturated rings. The molecule has 2 aliphatic heterocycles. The molecule has 0 aliphatic carbocycles. The SMILES string of the molecule is Cc1ccc(Cc2nccc3c2CCN(C2CS(=O)(=O)C2)C3)cc1-c1cc2ccccc2cn1. The predicted molar refractivity (Wildman–Crippen MR) is 136 cm³/mol. The lowest BCUT2D eigenvalue weighted by Gasteiger charge is -2.40. The number of aryl methyl sites for hydroxylation is 1. The first-order valence-electron chi connectivity index (χ1n) is 11.8. The molecule has 0 radical (unpaired) electrons. The van der Waals surface area contributed by atoms with E-state index in [1.54, 1.807) is 0 Å². The molecule has 0 N–H and O–H groups in total. The summed E-state index contributed by atoms with van der Waals surface area (Å²) in [5.74, 6) is 0.602. The maximum atomic E-state index is 11.6. The molecule has 0 amide bonds. The molecule has 4 aromatic rings. The lowest BCUT2D eigenvalue weighted by molar-refractivity contribution is 0.195. The number of nitrogens with zero attached hydrogens (tertiary/aromatic N) is 3. The second kappa shape index (κ2) is 8.29. The van der Waals surface area contributed by atoms with Gasteiger partial charge in [-0.3, -0.25) is 14.9 Å². The van der Waals surface area contributed by atoms with Crippen LogP contribution >= 0.6 is 0 Å². The van der Waals surface area contributed by atoms with Crippen molar-refractivity contribution in [2.24, 2.45) is 0 Å². The van der Waals surface area contributed by atoms with Gasteiger partial charge in [0.1, 0.15) is 0 Å². The fraction of sp³-hybridized carbons (Fsp3) is 0.286. The van der Waals surface area contributed by atoms with Crippen molar-refractivity contribution in [2.75, 3.05) is 18.1 Å². The number of hydrogen-bond acceptors (Lipinski definition) is 5. The Kier molecular flexibility index (Phi) is 5.23. The fourth-order valence-electron chi connectivity index (χ4n) is 5.28.